The van der Waals surface area contributed by atoms with Gasteiger partial charge in [0.05, 0.1) is 5.92 Å². The van der Waals surface area contributed by atoms with E-state index in [0.29, 0.717) is 5.92 Å². The molecule has 1 aliphatic rings. The maximum atomic E-state index is 10.9. The summed E-state index contributed by atoms with van der Waals surface area (Å²) in [6, 6.07) is 7.12. The third-order valence-corrected chi connectivity index (χ3v) is 3.39. The number of aliphatic carboxylic acids is 1. The van der Waals surface area contributed by atoms with Gasteiger partial charge in [0.2, 0.25) is 0 Å². The van der Waals surface area contributed by atoms with Crippen molar-refractivity contribution < 1.29 is 15.0 Å². The molecule has 2 atom stereocenters. The molecule has 0 aromatic heterocycles. The summed E-state index contributed by atoms with van der Waals surface area (Å²) in [6.45, 7) is 0. The van der Waals surface area contributed by atoms with E-state index < -0.39 is 5.97 Å². The maximum Gasteiger partial charge on any atom is 0.306 e. The van der Waals surface area contributed by atoms with Gasteiger partial charge < -0.3 is 10.2 Å². The van der Waals surface area contributed by atoms with E-state index in [-0.39, 0.29) is 11.7 Å². The first-order valence-corrected chi connectivity index (χ1v) is 5.68. The molecule has 0 saturated heterocycles. The van der Waals surface area contributed by atoms with E-state index in [1.807, 2.05) is 12.1 Å². The summed E-state index contributed by atoms with van der Waals surface area (Å²) in [5.74, 6) is -0.291. The third kappa shape index (κ3) is 2.35. The second-order valence-corrected chi connectivity index (χ2v) is 4.49. The zero-order chi connectivity index (χ0) is 11.5. The van der Waals surface area contributed by atoms with E-state index in [1.54, 1.807) is 12.1 Å². The monoisotopic (exact) mass is 220 g/mol. The molecule has 0 aliphatic heterocycles. The maximum absolute atomic E-state index is 10.9. The molecule has 0 radical (unpaired) electrons. The zero-order valence-corrected chi connectivity index (χ0v) is 9.10. The summed E-state index contributed by atoms with van der Waals surface area (Å²) in [6.07, 6.45) is 3.54. The van der Waals surface area contributed by atoms with Gasteiger partial charge in [-0.1, -0.05) is 18.6 Å². The highest BCUT2D eigenvalue weighted by Gasteiger charge is 2.27. The average molecular weight is 220 g/mol. The van der Waals surface area contributed by atoms with Crippen LogP contribution in [0.25, 0.3) is 0 Å². The number of carboxylic acids is 1. The summed E-state index contributed by atoms with van der Waals surface area (Å²) >= 11 is 0. The lowest BCUT2D eigenvalue weighted by molar-refractivity contribution is -0.142. The number of carbonyl (C=O) groups is 1. The van der Waals surface area contributed by atoms with Crippen LogP contribution in [0.3, 0.4) is 0 Å². The van der Waals surface area contributed by atoms with Gasteiger partial charge in [-0.05, 0) is 42.9 Å². The topological polar surface area (TPSA) is 57.5 Å². The van der Waals surface area contributed by atoms with Crippen LogP contribution in [0, 0.1) is 5.92 Å². The van der Waals surface area contributed by atoms with E-state index in [9.17, 15) is 9.90 Å². The molecule has 1 aliphatic carbocycles. The smallest absolute Gasteiger partial charge is 0.306 e. The molecular formula is C13H16O3. The molecular weight excluding hydrogens is 204 g/mol. The van der Waals surface area contributed by atoms with Crippen molar-refractivity contribution in [3.63, 3.8) is 0 Å². The van der Waals surface area contributed by atoms with Crippen molar-refractivity contribution in [1.82, 2.24) is 0 Å². The van der Waals surface area contributed by atoms with Gasteiger partial charge in [-0.3, -0.25) is 4.79 Å². The number of aromatic hydroxyl groups is 1. The lowest BCUT2D eigenvalue weighted by Gasteiger charge is -2.26. The van der Waals surface area contributed by atoms with Crippen molar-refractivity contribution in [2.45, 2.75) is 31.6 Å². The predicted octanol–water partition coefficient (Wildman–Crippen LogP) is 2.75. The van der Waals surface area contributed by atoms with Crippen LogP contribution < -0.4 is 0 Å². The van der Waals surface area contributed by atoms with Crippen LogP contribution in [-0.4, -0.2) is 16.2 Å². The Morgan fingerprint density at radius 2 is 1.88 bits per heavy atom. The molecule has 0 amide bonds. The van der Waals surface area contributed by atoms with E-state index in [2.05, 4.69) is 0 Å². The number of benzene rings is 1. The average Bonchev–Trinajstić information content (AvgIpc) is 2.30. The van der Waals surface area contributed by atoms with Gasteiger partial charge in [-0.15, -0.1) is 0 Å². The van der Waals surface area contributed by atoms with Gasteiger partial charge in [-0.2, -0.15) is 0 Å². The number of hydrogen-bond donors (Lipinski definition) is 2. The molecule has 2 N–H and O–H groups in total. The number of carboxylic acid groups (broad SMARTS) is 1. The van der Waals surface area contributed by atoms with Crippen LogP contribution in [0.4, 0.5) is 0 Å². The molecule has 1 saturated carbocycles. The molecule has 3 heteroatoms. The van der Waals surface area contributed by atoms with Crippen LogP contribution in [0.1, 0.15) is 37.2 Å². The fourth-order valence-electron chi connectivity index (χ4n) is 2.46. The minimum absolute atomic E-state index is 0.201. The Labute approximate surface area is 94.7 Å². The number of phenols is 1. The second-order valence-electron chi connectivity index (χ2n) is 4.49. The van der Waals surface area contributed by atoms with E-state index >= 15 is 0 Å². The summed E-state index contributed by atoms with van der Waals surface area (Å²) in [4.78, 5) is 10.9. The van der Waals surface area contributed by atoms with Gasteiger partial charge in [0.15, 0.2) is 0 Å². The molecule has 1 aromatic rings. The Hall–Kier alpha value is -1.51. The third-order valence-electron chi connectivity index (χ3n) is 3.39. The van der Waals surface area contributed by atoms with Crippen LogP contribution >= 0.6 is 0 Å². The number of phenolic OH excluding ortho intramolecular Hbond substituents is 1. The van der Waals surface area contributed by atoms with Crippen molar-refractivity contribution in [1.29, 1.82) is 0 Å². The highest BCUT2D eigenvalue weighted by Crippen LogP contribution is 2.36. The molecule has 3 nitrogen and oxygen atoms in total. The fourth-order valence-corrected chi connectivity index (χ4v) is 2.46. The summed E-state index contributed by atoms with van der Waals surface area (Å²) in [5, 5.41) is 18.2. The quantitative estimate of drug-likeness (QED) is 0.805. The van der Waals surface area contributed by atoms with Crippen molar-refractivity contribution in [2.75, 3.05) is 0 Å². The molecule has 2 rings (SSSR count). The van der Waals surface area contributed by atoms with E-state index in [0.717, 1.165) is 31.2 Å². The molecule has 0 heterocycles. The highest BCUT2D eigenvalue weighted by atomic mass is 16.4. The minimum Gasteiger partial charge on any atom is -0.508 e. The molecule has 86 valence electrons. The zero-order valence-electron chi connectivity index (χ0n) is 9.10. The lowest BCUT2D eigenvalue weighted by Crippen LogP contribution is -2.21. The Bertz CT molecular complexity index is 369. The Balaban J connectivity index is 2.09. The fraction of sp³-hybridized carbons (Fsp3) is 0.462. The predicted molar refractivity (Wildman–Crippen MR) is 60.4 cm³/mol. The van der Waals surface area contributed by atoms with Crippen LogP contribution in [0.2, 0.25) is 0 Å². The molecule has 1 aromatic carbocycles. The number of rotatable bonds is 2. The van der Waals surface area contributed by atoms with E-state index in [4.69, 9.17) is 5.11 Å². The Kier molecular flexibility index (Phi) is 3.13. The van der Waals surface area contributed by atoms with Gasteiger partial charge in [0, 0.05) is 0 Å². The van der Waals surface area contributed by atoms with Gasteiger partial charge in [0.1, 0.15) is 5.75 Å². The minimum atomic E-state index is -0.677. The highest BCUT2D eigenvalue weighted by molar-refractivity contribution is 5.70. The van der Waals surface area contributed by atoms with Crippen molar-refractivity contribution in [3.05, 3.63) is 29.8 Å². The first-order chi connectivity index (χ1) is 7.66. The first-order valence-electron chi connectivity index (χ1n) is 5.68. The first kappa shape index (κ1) is 11.0. The second kappa shape index (κ2) is 4.56. The van der Waals surface area contributed by atoms with Crippen molar-refractivity contribution in [3.8, 4) is 5.75 Å². The molecule has 1 fully saturated rings. The lowest BCUT2D eigenvalue weighted by atomic mass is 9.78. The molecule has 0 bridgehead atoms. The molecule has 2 unspecified atom stereocenters. The summed E-state index contributed by atoms with van der Waals surface area (Å²) < 4.78 is 0. The van der Waals surface area contributed by atoms with E-state index in [1.165, 1.54) is 0 Å². The SMILES string of the molecule is O=C(O)C1CCCC(c2ccc(O)cc2)C1. The van der Waals surface area contributed by atoms with Gasteiger partial charge in [0.25, 0.3) is 0 Å². The van der Waals surface area contributed by atoms with Crippen molar-refractivity contribution >= 4 is 5.97 Å². The Morgan fingerprint density at radius 3 is 2.50 bits per heavy atom. The normalized spacial score (nSPS) is 25.2. The largest absolute Gasteiger partial charge is 0.508 e. The van der Waals surface area contributed by atoms with Gasteiger partial charge >= 0.3 is 5.97 Å². The van der Waals surface area contributed by atoms with Crippen LogP contribution in [0.15, 0.2) is 24.3 Å². The Morgan fingerprint density at radius 1 is 1.19 bits per heavy atom. The van der Waals surface area contributed by atoms with Crippen LogP contribution in [0.5, 0.6) is 5.75 Å². The number of hydrogen-bond acceptors (Lipinski definition) is 2. The van der Waals surface area contributed by atoms with Gasteiger partial charge in [-0.25, -0.2) is 0 Å². The standard InChI is InChI=1S/C13H16O3/c14-12-6-4-9(5-7-12)10-2-1-3-11(8-10)13(15)16/h4-7,10-11,14H,1-3,8H2,(H,15,16). The van der Waals surface area contributed by atoms with Crippen LogP contribution in [-0.2, 0) is 4.79 Å². The summed E-state index contributed by atoms with van der Waals surface area (Å²) in [5.41, 5.74) is 1.14. The van der Waals surface area contributed by atoms with Crippen molar-refractivity contribution in [2.24, 2.45) is 5.92 Å². The molecule has 16 heavy (non-hydrogen) atoms. The molecule has 0 spiro atoms. The summed E-state index contributed by atoms with van der Waals surface area (Å²) in [7, 11) is 0.